The van der Waals surface area contributed by atoms with Gasteiger partial charge in [0.15, 0.2) is 11.5 Å². The van der Waals surface area contributed by atoms with Crippen molar-refractivity contribution in [1.82, 2.24) is 0 Å². The van der Waals surface area contributed by atoms with E-state index in [1.807, 2.05) is 44.2 Å². The van der Waals surface area contributed by atoms with E-state index >= 15 is 0 Å². The Morgan fingerprint density at radius 2 is 1.79 bits per heavy atom. The Hall–Kier alpha value is -2.24. The van der Waals surface area contributed by atoms with Crippen LogP contribution in [0.15, 0.2) is 59.1 Å². The summed E-state index contributed by atoms with van der Waals surface area (Å²) in [6.45, 7) is 5.36. The van der Waals surface area contributed by atoms with Crippen molar-refractivity contribution in [2.45, 2.75) is 27.0 Å². The van der Waals surface area contributed by atoms with Crippen LogP contribution in [-0.2, 0) is 13.2 Å². The summed E-state index contributed by atoms with van der Waals surface area (Å²) < 4.78 is 25.6. The third kappa shape index (κ3) is 5.64. The third-order valence-electron chi connectivity index (χ3n) is 4.42. The van der Waals surface area contributed by atoms with Gasteiger partial charge in [-0.2, -0.15) is 0 Å². The van der Waals surface area contributed by atoms with Crippen LogP contribution in [0.25, 0.3) is 0 Å². The minimum atomic E-state index is -0.267. The van der Waals surface area contributed by atoms with Crippen molar-refractivity contribution in [3.05, 3.63) is 86.6 Å². The van der Waals surface area contributed by atoms with Gasteiger partial charge in [-0.3, -0.25) is 0 Å². The molecule has 3 aromatic carbocycles. The number of ether oxygens (including phenoxy) is 2. The summed E-state index contributed by atoms with van der Waals surface area (Å²) in [5, 5.41) is 4.14. The fourth-order valence-electron chi connectivity index (χ4n) is 2.86. The van der Waals surface area contributed by atoms with Crippen molar-refractivity contribution in [3.8, 4) is 11.5 Å². The summed E-state index contributed by atoms with van der Waals surface area (Å²) in [7, 11) is 0. The first-order valence-electron chi connectivity index (χ1n) is 9.29. The van der Waals surface area contributed by atoms with Crippen LogP contribution in [0, 0.1) is 12.7 Å². The molecule has 0 aromatic heterocycles. The number of nitrogens with one attached hydrogen (secondary N) is 1. The van der Waals surface area contributed by atoms with Crippen molar-refractivity contribution in [2.24, 2.45) is 0 Å². The molecule has 6 heteroatoms. The van der Waals surface area contributed by atoms with Gasteiger partial charge < -0.3 is 14.8 Å². The van der Waals surface area contributed by atoms with Gasteiger partial charge in [0, 0.05) is 17.3 Å². The number of hydrogen-bond acceptors (Lipinski definition) is 3. The average molecular weight is 479 g/mol. The molecular weight excluding hydrogens is 457 g/mol. The Kier molecular flexibility index (Phi) is 7.40. The van der Waals surface area contributed by atoms with E-state index in [0.29, 0.717) is 31.3 Å². The van der Waals surface area contributed by atoms with Gasteiger partial charge in [0.05, 0.1) is 11.1 Å². The van der Waals surface area contributed by atoms with Crippen LogP contribution in [0.5, 0.6) is 11.5 Å². The van der Waals surface area contributed by atoms with Gasteiger partial charge >= 0.3 is 0 Å². The lowest BCUT2D eigenvalue weighted by molar-refractivity contribution is 0.267. The Labute approximate surface area is 183 Å². The Bertz CT molecular complexity index is 979. The van der Waals surface area contributed by atoms with Crippen LogP contribution >= 0.6 is 27.5 Å². The van der Waals surface area contributed by atoms with Gasteiger partial charge in [-0.25, -0.2) is 4.39 Å². The predicted molar refractivity (Wildman–Crippen MR) is 120 cm³/mol. The highest BCUT2D eigenvalue weighted by molar-refractivity contribution is 9.10. The second-order valence-electron chi connectivity index (χ2n) is 6.52. The van der Waals surface area contributed by atoms with E-state index in [4.69, 9.17) is 21.1 Å². The number of halogens is 3. The standard InChI is InChI=1S/C23H22BrClFNO2/c1-3-28-22-12-17(13-27-21-6-4-5-20(25)15(21)2)11-19(24)23(22)29-14-16-7-9-18(26)10-8-16/h4-12,27H,3,13-14H2,1-2H3. The summed E-state index contributed by atoms with van der Waals surface area (Å²) in [4.78, 5) is 0. The largest absolute Gasteiger partial charge is 0.490 e. The Morgan fingerprint density at radius 1 is 1.03 bits per heavy atom. The fourth-order valence-corrected chi connectivity index (χ4v) is 3.64. The maximum absolute atomic E-state index is 13.1. The lowest BCUT2D eigenvalue weighted by Crippen LogP contribution is -2.04. The second kappa shape index (κ2) is 9.99. The number of anilines is 1. The predicted octanol–water partition coefficient (Wildman–Crippen LogP) is 7.14. The van der Waals surface area contributed by atoms with Gasteiger partial charge in [0.2, 0.25) is 0 Å². The summed E-state index contributed by atoms with van der Waals surface area (Å²) >= 11 is 9.79. The van der Waals surface area contributed by atoms with E-state index in [0.717, 1.165) is 31.9 Å². The highest BCUT2D eigenvalue weighted by atomic mass is 79.9. The average Bonchev–Trinajstić information content (AvgIpc) is 2.70. The van der Waals surface area contributed by atoms with Crippen LogP contribution in [0.4, 0.5) is 10.1 Å². The Morgan fingerprint density at radius 3 is 2.52 bits per heavy atom. The Balaban J connectivity index is 1.76. The van der Waals surface area contributed by atoms with Crippen molar-refractivity contribution in [3.63, 3.8) is 0 Å². The lowest BCUT2D eigenvalue weighted by atomic mass is 10.1. The van der Waals surface area contributed by atoms with Gasteiger partial charge in [-0.15, -0.1) is 0 Å². The quantitative estimate of drug-likeness (QED) is 0.373. The molecule has 0 saturated carbocycles. The zero-order chi connectivity index (χ0) is 20.8. The summed E-state index contributed by atoms with van der Waals surface area (Å²) in [5.41, 5.74) is 3.91. The zero-order valence-corrected chi connectivity index (χ0v) is 18.6. The molecule has 0 radical (unpaired) electrons. The van der Waals surface area contributed by atoms with E-state index in [-0.39, 0.29) is 5.82 Å². The molecule has 0 heterocycles. The smallest absolute Gasteiger partial charge is 0.175 e. The van der Waals surface area contributed by atoms with Gasteiger partial charge in [0.25, 0.3) is 0 Å². The molecule has 0 aliphatic carbocycles. The topological polar surface area (TPSA) is 30.5 Å². The van der Waals surface area contributed by atoms with E-state index < -0.39 is 0 Å². The number of rotatable bonds is 8. The molecule has 0 unspecified atom stereocenters. The van der Waals surface area contributed by atoms with Crippen molar-refractivity contribution < 1.29 is 13.9 Å². The maximum Gasteiger partial charge on any atom is 0.175 e. The minimum Gasteiger partial charge on any atom is -0.490 e. The van der Waals surface area contributed by atoms with E-state index in [1.54, 1.807) is 12.1 Å². The lowest BCUT2D eigenvalue weighted by Gasteiger charge is -2.17. The molecule has 0 atom stereocenters. The van der Waals surface area contributed by atoms with Crippen molar-refractivity contribution in [1.29, 1.82) is 0 Å². The molecule has 0 aliphatic rings. The normalized spacial score (nSPS) is 10.7. The highest BCUT2D eigenvalue weighted by Crippen LogP contribution is 2.38. The number of benzene rings is 3. The van der Waals surface area contributed by atoms with Crippen LogP contribution in [0.3, 0.4) is 0 Å². The third-order valence-corrected chi connectivity index (χ3v) is 5.41. The molecule has 3 aromatic rings. The first kappa shape index (κ1) is 21.5. The van der Waals surface area contributed by atoms with Crippen LogP contribution in [-0.4, -0.2) is 6.61 Å². The van der Waals surface area contributed by atoms with Crippen LogP contribution in [0.2, 0.25) is 5.02 Å². The minimum absolute atomic E-state index is 0.267. The SMILES string of the molecule is CCOc1cc(CNc2cccc(Cl)c2C)cc(Br)c1OCc1ccc(F)cc1. The molecule has 1 N–H and O–H groups in total. The van der Waals surface area contributed by atoms with Gasteiger partial charge in [-0.05, 0) is 82.9 Å². The van der Waals surface area contributed by atoms with E-state index in [1.165, 1.54) is 12.1 Å². The molecule has 0 aliphatic heterocycles. The highest BCUT2D eigenvalue weighted by Gasteiger charge is 2.13. The first-order chi connectivity index (χ1) is 14.0. The van der Waals surface area contributed by atoms with E-state index in [2.05, 4.69) is 21.2 Å². The molecule has 0 bridgehead atoms. The van der Waals surface area contributed by atoms with Gasteiger partial charge in [-0.1, -0.05) is 29.8 Å². The summed E-state index contributed by atoms with van der Waals surface area (Å²) in [6, 6.07) is 16.0. The van der Waals surface area contributed by atoms with Gasteiger partial charge in [0.1, 0.15) is 12.4 Å². The molecule has 3 nitrogen and oxygen atoms in total. The molecular formula is C23H22BrClFNO2. The molecule has 152 valence electrons. The van der Waals surface area contributed by atoms with Crippen molar-refractivity contribution >= 4 is 33.2 Å². The molecule has 3 rings (SSSR count). The molecule has 0 fully saturated rings. The number of hydrogen-bond donors (Lipinski definition) is 1. The fraction of sp³-hybridized carbons (Fsp3) is 0.217. The second-order valence-corrected chi connectivity index (χ2v) is 7.78. The first-order valence-corrected chi connectivity index (χ1v) is 10.5. The monoisotopic (exact) mass is 477 g/mol. The van der Waals surface area contributed by atoms with Crippen LogP contribution in [0.1, 0.15) is 23.6 Å². The van der Waals surface area contributed by atoms with E-state index in [9.17, 15) is 4.39 Å². The molecule has 0 saturated heterocycles. The molecule has 0 amide bonds. The zero-order valence-electron chi connectivity index (χ0n) is 16.3. The molecule has 29 heavy (non-hydrogen) atoms. The maximum atomic E-state index is 13.1. The van der Waals surface area contributed by atoms with Crippen LogP contribution < -0.4 is 14.8 Å². The molecule has 0 spiro atoms. The summed E-state index contributed by atoms with van der Waals surface area (Å²) in [6.07, 6.45) is 0. The summed E-state index contributed by atoms with van der Waals surface area (Å²) in [5.74, 6) is 1.01. The van der Waals surface area contributed by atoms with Crippen molar-refractivity contribution in [2.75, 3.05) is 11.9 Å².